The summed E-state index contributed by atoms with van der Waals surface area (Å²) in [5, 5.41) is 11.5. The minimum Gasteiger partial charge on any atom is -0.325 e. The molecule has 1 aromatic rings. The van der Waals surface area contributed by atoms with Crippen LogP contribution in [0.4, 0.5) is 5.69 Å². The molecule has 0 bridgehead atoms. The highest BCUT2D eigenvalue weighted by Gasteiger charge is 2.31. The summed E-state index contributed by atoms with van der Waals surface area (Å²) in [5.74, 6) is 0. The molecule has 0 aromatic heterocycles. The minimum absolute atomic E-state index is 0.0814. The highest BCUT2D eigenvalue weighted by molar-refractivity contribution is 6.31. The summed E-state index contributed by atoms with van der Waals surface area (Å²) >= 11 is 6.09. The molecule has 1 fully saturated rings. The van der Waals surface area contributed by atoms with Crippen molar-refractivity contribution < 1.29 is 4.92 Å². The third-order valence-electron chi connectivity index (χ3n) is 3.67. The second kappa shape index (κ2) is 5.24. The lowest BCUT2D eigenvalue weighted by atomic mass is 9.78. The summed E-state index contributed by atoms with van der Waals surface area (Å²) in [5.41, 5.74) is 6.67. The Kier molecular flexibility index (Phi) is 3.88. The lowest BCUT2D eigenvalue weighted by molar-refractivity contribution is -0.385. The summed E-state index contributed by atoms with van der Waals surface area (Å²) in [6.45, 7) is 0. The van der Waals surface area contributed by atoms with Gasteiger partial charge in [0, 0.05) is 11.6 Å². The fourth-order valence-electron chi connectivity index (χ4n) is 2.68. The van der Waals surface area contributed by atoms with Crippen molar-refractivity contribution >= 4 is 17.3 Å². The van der Waals surface area contributed by atoms with Crippen LogP contribution in [0.5, 0.6) is 0 Å². The van der Waals surface area contributed by atoms with Crippen LogP contribution < -0.4 is 5.73 Å². The molecule has 0 atom stereocenters. The second-order valence-corrected chi connectivity index (χ2v) is 5.50. The Bertz CT molecular complexity index is 456. The Morgan fingerprint density at radius 3 is 2.61 bits per heavy atom. The molecule has 1 aliphatic carbocycles. The zero-order chi connectivity index (χ0) is 13.2. The molecule has 4 nitrogen and oxygen atoms in total. The SMILES string of the molecule is NC1(Cc2c(Cl)cccc2[N+](=O)[O-])CCCCC1. The van der Waals surface area contributed by atoms with E-state index >= 15 is 0 Å². The van der Waals surface area contributed by atoms with Gasteiger partial charge < -0.3 is 5.73 Å². The summed E-state index contributed by atoms with van der Waals surface area (Å²) in [6.07, 6.45) is 5.70. The van der Waals surface area contributed by atoms with Crippen molar-refractivity contribution in [2.75, 3.05) is 0 Å². The van der Waals surface area contributed by atoms with Crippen LogP contribution in [0, 0.1) is 10.1 Å². The maximum atomic E-state index is 11.0. The van der Waals surface area contributed by atoms with Crippen molar-refractivity contribution in [2.24, 2.45) is 5.73 Å². The van der Waals surface area contributed by atoms with Crippen molar-refractivity contribution in [3.63, 3.8) is 0 Å². The van der Waals surface area contributed by atoms with Crippen molar-refractivity contribution in [2.45, 2.75) is 44.1 Å². The Balaban J connectivity index is 2.30. The van der Waals surface area contributed by atoms with Crippen LogP contribution in [-0.2, 0) is 6.42 Å². The molecular weight excluding hydrogens is 252 g/mol. The van der Waals surface area contributed by atoms with Crippen LogP contribution in [0.3, 0.4) is 0 Å². The largest absolute Gasteiger partial charge is 0.325 e. The van der Waals surface area contributed by atoms with Gasteiger partial charge in [0.15, 0.2) is 0 Å². The summed E-state index contributed by atoms with van der Waals surface area (Å²) in [4.78, 5) is 10.6. The maximum absolute atomic E-state index is 11.0. The molecule has 0 amide bonds. The summed E-state index contributed by atoms with van der Waals surface area (Å²) in [7, 11) is 0. The smallest absolute Gasteiger partial charge is 0.274 e. The highest BCUT2D eigenvalue weighted by atomic mass is 35.5. The van der Waals surface area contributed by atoms with E-state index in [-0.39, 0.29) is 16.1 Å². The second-order valence-electron chi connectivity index (χ2n) is 5.09. The predicted octanol–water partition coefficient (Wildman–Crippen LogP) is 3.45. The molecule has 1 aromatic carbocycles. The van der Waals surface area contributed by atoms with Gasteiger partial charge in [-0.3, -0.25) is 10.1 Å². The number of hydrogen-bond acceptors (Lipinski definition) is 3. The number of halogens is 1. The van der Waals surface area contributed by atoms with Gasteiger partial charge in [-0.25, -0.2) is 0 Å². The minimum atomic E-state index is -0.382. The molecule has 0 unspecified atom stereocenters. The van der Waals surface area contributed by atoms with E-state index in [1.807, 2.05) is 0 Å². The van der Waals surface area contributed by atoms with Gasteiger partial charge in [0.1, 0.15) is 0 Å². The van der Waals surface area contributed by atoms with E-state index in [0.29, 0.717) is 17.0 Å². The first-order chi connectivity index (χ1) is 8.52. The van der Waals surface area contributed by atoms with Crippen LogP contribution >= 0.6 is 11.6 Å². The van der Waals surface area contributed by atoms with E-state index in [4.69, 9.17) is 17.3 Å². The maximum Gasteiger partial charge on any atom is 0.274 e. The molecule has 1 aliphatic rings. The van der Waals surface area contributed by atoms with Gasteiger partial charge in [0.2, 0.25) is 0 Å². The number of nitro groups is 1. The van der Waals surface area contributed by atoms with E-state index in [2.05, 4.69) is 0 Å². The standard InChI is InChI=1S/C13H17ClN2O2/c14-11-5-4-6-12(16(17)18)10(11)9-13(15)7-2-1-3-8-13/h4-6H,1-3,7-9,15H2. The van der Waals surface area contributed by atoms with Gasteiger partial charge in [-0.15, -0.1) is 0 Å². The van der Waals surface area contributed by atoms with E-state index in [1.54, 1.807) is 12.1 Å². The lowest BCUT2D eigenvalue weighted by Crippen LogP contribution is -2.43. The van der Waals surface area contributed by atoms with Gasteiger partial charge in [-0.05, 0) is 25.3 Å². The molecule has 0 heterocycles. The van der Waals surface area contributed by atoms with E-state index in [1.165, 1.54) is 12.5 Å². The van der Waals surface area contributed by atoms with Crippen molar-refractivity contribution in [3.8, 4) is 0 Å². The van der Waals surface area contributed by atoms with E-state index in [9.17, 15) is 10.1 Å². The Labute approximate surface area is 111 Å². The fraction of sp³-hybridized carbons (Fsp3) is 0.538. The van der Waals surface area contributed by atoms with Gasteiger partial charge in [0.05, 0.1) is 15.5 Å². The quantitative estimate of drug-likeness (QED) is 0.674. The first kappa shape index (κ1) is 13.3. The third-order valence-corrected chi connectivity index (χ3v) is 4.02. The molecule has 18 heavy (non-hydrogen) atoms. The molecule has 0 aliphatic heterocycles. The van der Waals surface area contributed by atoms with E-state index < -0.39 is 0 Å². The topological polar surface area (TPSA) is 69.2 Å². The van der Waals surface area contributed by atoms with Gasteiger partial charge >= 0.3 is 0 Å². The first-order valence-corrected chi connectivity index (χ1v) is 6.60. The van der Waals surface area contributed by atoms with Gasteiger partial charge in [-0.1, -0.05) is 36.9 Å². The molecule has 2 rings (SSSR count). The number of nitrogens with zero attached hydrogens (tertiary/aromatic N) is 1. The van der Waals surface area contributed by atoms with E-state index in [0.717, 1.165) is 25.7 Å². The van der Waals surface area contributed by atoms with Crippen LogP contribution in [-0.4, -0.2) is 10.5 Å². The van der Waals surface area contributed by atoms with Gasteiger partial charge in [-0.2, -0.15) is 0 Å². The average molecular weight is 269 g/mol. The monoisotopic (exact) mass is 268 g/mol. The molecule has 5 heteroatoms. The molecule has 0 saturated heterocycles. The molecule has 0 spiro atoms. The number of hydrogen-bond donors (Lipinski definition) is 1. The number of nitrogens with two attached hydrogens (primary N) is 1. The summed E-state index contributed by atoms with van der Waals surface area (Å²) < 4.78 is 0. The average Bonchev–Trinajstić information content (AvgIpc) is 2.32. The number of benzene rings is 1. The predicted molar refractivity (Wildman–Crippen MR) is 71.8 cm³/mol. The molecular formula is C13H17ClN2O2. The molecule has 1 saturated carbocycles. The molecule has 0 radical (unpaired) electrons. The lowest BCUT2D eigenvalue weighted by Gasteiger charge is -2.33. The Hall–Kier alpha value is -1.13. The highest BCUT2D eigenvalue weighted by Crippen LogP contribution is 2.34. The third kappa shape index (κ3) is 2.82. The molecule has 2 N–H and O–H groups in total. The van der Waals surface area contributed by atoms with Crippen LogP contribution in [0.2, 0.25) is 5.02 Å². The molecule has 98 valence electrons. The van der Waals surface area contributed by atoms with Crippen LogP contribution in [0.15, 0.2) is 18.2 Å². The van der Waals surface area contributed by atoms with Crippen molar-refractivity contribution in [1.82, 2.24) is 0 Å². The van der Waals surface area contributed by atoms with Crippen molar-refractivity contribution in [1.29, 1.82) is 0 Å². The van der Waals surface area contributed by atoms with Crippen LogP contribution in [0.1, 0.15) is 37.7 Å². The Morgan fingerprint density at radius 1 is 1.33 bits per heavy atom. The summed E-state index contributed by atoms with van der Waals surface area (Å²) in [6, 6.07) is 4.79. The normalized spacial score (nSPS) is 18.6. The Morgan fingerprint density at radius 2 is 2.00 bits per heavy atom. The zero-order valence-corrected chi connectivity index (χ0v) is 10.9. The number of nitro benzene ring substituents is 1. The van der Waals surface area contributed by atoms with Crippen molar-refractivity contribution in [3.05, 3.63) is 38.9 Å². The zero-order valence-electron chi connectivity index (χ0n) is 10.2. The first-order valence-electron chi connectivity index (χ1n) is 6.22. The van der Waals surface area contributed by atoms with Gasteiger partial charge in [0.25, 0.3) is 5.69 Å². The fourth-order valence-corrected chi connectivity index (χ4v) is 2.91. The number of rotatable bonds is 3. The van der Waals surface area contributed by atoms with Crippen LogP contribution in [0.25, 0.3) is 0 Å².